The molecule has 17 heavy (non-hydrogen) atoms. The number of nitrogens with two attached hydrogens (primary N) is 1. The van der Waals surface area contributed by atoms with Crippen LogP contribution in [0.25, 0.3) is 0 Å². The fraction of sp³-hybridized carbons (Fsp3) is 0.143. The minimum absolute atomic E-state index is 0.534. The van der Waals surface area contributed by atoms with Gasteiger partial charge in [-0.2, -0.15) is 0 Å². The number of hydrogen-bond acceptors (Lipinski definition) is 2. The molecular formula is C14H15BrN2. The third-order valence-electron chi connectivity index (χ3n) is 2.77. The van der Waals surface area contributed by atoms with E-state index in [0.717, 1.165) is 21.4 Å². The van der Waals surface area contributed by atoms with Crippen LogP contribution < -0.4 is 10.6 Å². The maximum atomic E-state index is 5.79. The van der Waals surface area contributed by atoms with Crippen molar-refractivity contribution < 1.29 is 0 Å². The van der Waals surface area contributed by atoms with Crippen LogP contribution in [0, 0.1) is 0 Å². The van der Waals surface area contributed by atoms with Crippen LogP contribution in [0.2, 0.25) is 0 Å². The molecule has 0 aromatic heterocycles. The second-order valence-corrected chi connectivity index (χ2v) is 4.79. The first-order valence-corrected chi connectivity index (χ1v) is 6.29. The van der Waals surface area contributed by atoms with Crippen molar-refractivity contribution in [3.8, 4) is 0 Å². The van der Waals surface area contributed by atoms with Crippen LogP contribution in [0.1, 0.15) is 5.56 Å². The summed E-state index contributed by atoms with van der Waals surface area (Å²) in [6.45, 7) is 0.534. The summed E-state index contributed by atoms with van der Waals surface area (Å²) < 4.78 is 1.06. The van der Waals surface area contributed by atoms with Gasteiger partial charge in [0.1, 0.15) is 0 Å². The van der Waals surface area contributed by atoms with Gasteiger partial charge in [0.15, 0.2) is 0 Å². The molecule has 0 fully saturated rings. The van der Waals surface area contributed by atoms with Crippen LogP contribution in [-0.4, -0.2) is 7.05 Å². The highest BCUT2D eigenvalue weighted by Crippen LogP contribution is 2.28. The Balaban J connectivity index is 2.40. The molecule has 0 unspecified atom stereocenters. The number of rotatable bonds is 3. The lowest BCUT2D eigenvalue weighted by Crippen LogP contribution is -2.13. The molecule has 0 amide bonds. The lowest BCUT2D eigenvalue weighted by atomic mass is 10.1. The van der Waals surface area contributed by atoms with Crippen molar-refractivity contribution >= 4 is 27.3 Å². The highest BCUT2D eigenvalue weighted by molar-refractivity contribution is 9.10. The van der Waals surface area contributed by atoms with Crippen LogP contribution in [0.3, 0.4) is 0 Å². The molecule has 2 N–H and O–H groups in total. The van der Waals surface area contributed by atoms with Crippen LogP contribution in [0.15, 0.2) is 53.0 Å². The smallest absolute Gasteiger partial charge is 0.0454 e. The number of anilines is 2. The van der Waals surface area contributed by atoms with E-state index in [1.807, 2.05) is 24.3 Å². The van der Waals surface area contributed by atoms with Gasteiger partial charge in [0.2, 0.25) is 0 Å². The van der Waals surface area contributed by atoms with Crippen LogP contribution in [0.4, 0.5) is 11.4 Å². The van der Waals surface area contributed by atoms with E-state index in [1.54, 1.807) is 0 Å². The molecule has 0 saturated carbocycles. The minimum atomic E-state index is 0.534. The molecule has 0 aliphatic carbocycles. The number of hydrogen-bond donors (Lipinski definition) is 1. The predicted octanol–water partition coefficient (Wildman–Crippen LogP) is 3.68. The van der Waals surface area contributed by atoms with Crippen molar-refractivity contribution in [2.75, 3.05) is 11.9 Å². The quantitative estimate of drug-likeness (QED) is 0.934. The van der Waals surface area contributed by atoms with Gasteiger partial charge in [-0.15, -0.1) is 0 Å². The SMILES string of the molecule is CN(c1ccccc1)c1ccc(Br)cc1CN. The molecule has 2 rings (SSSR count). The van der Waals surface area contributed by atoms with Crippen LogP contribution in [0.5, 0.6) is 0 Å². The van der Waals surface area contributed by atoms with Gasteiger partial charge in [0, 0.05) is 29.4 Å². The molecular weight excluding hydrogens is 276 g/mol. The molecule has 0 aliphatic heterocycles. The van der Waals surface area contributed by atoms with E-state index < -0.39 is 0 Å². The molecule has 0 spiro atoms. The molecule has 2 aromatic rings. The summed E-state index contributed by atoms with van der Waals surface area (Å²) in [5.74, 6) is 0. The molecule has 2 nitrogen and oxygen atoms in total. The summed E-state index contributed by atoms with van der Waals surface area (Å²) in [6.07, 6.45) is 0. The van der Waals surface area contributed by atoms with E-state index in [2.05, 4.69) is 52.1 Å². The average Bonchev–Trinajstić information content (AvgIpc) is 2.39. The summed E-state index contributed by atoms with van der Waals surface area (Å²) in [7, 11) is 2.05. The summed E-state index contributed by atoms with van der Waals surface area (Å²) >= 11 is 3.47. The third kappa shape index (κ3) is 2.68. The largest absolute Gasteiger partial charge is 0.344 e. The molecule has 0 atom stereocenters. The van der Waals surface area contributed by atoms with Crippen molar-refractivity contribution in [1.29, 1.82) is 0 Å². The Bertz CT molecular complexity index is 497. The average molecular weight is 291 g/mol. The molecule has 2 aromatic carbocycles. The molecule has 88 valence electrons. The first-order chi connectivity index (χ1) is 8.22. The molecule has 0 saturated heterocycles. The summed E-state index contributed by atoms with van der Waals surface area (Å²) in [5.41, 5.74) is 9.22. The summed E-state index contributed by atoms with van der Waals surface area (Å²) in [5, 5.41) is 0. The topological polar surface area (TPSA) is 29.3 Å². The lowest BCUT2D eigenvalue weighted by Gasteiger charge is -2.22. The van der Waals surface area contributed by atoms with Crippen molar-refractivity contribution in [1.82, 2.24) is 0 Å². The van der Waals surface area contributed by atoms with E-state index in [4.69, 9.17) is 5.73 Å². The van der Waals surface area contributed by atoms with Gasteiger partial charge in [0.25, 0.3) is 0 Å². The Labute approximate surface area is 110 Å². The summed E-state index contributed by atoms with van der Waals surface area (Å²) in [6, 6.07) is 16.4. The van der Waals surface area contributed by atoms with Gasteiger partial charge in [0.05, 0.1) is 0 Å². The van der Waals surface area contributed by atoms with Crippen LogP contribution >= 0.6 is 15.9 Å². The van der Waals surface area contributed by atoms with Crippen molar-refractivity contribution in [2.45, 2.75) is 6.54 Å². The van der Waals surface area contributed by atoms with Gasteiger partial charge >= 0.3 is 0 Å². The van der Waals surface area contributed by atoms with E-state index in [1.165, 1.54) is 0 Å². The van der Waals surface area contributed by atoms with E-state index >= 15 is 0 Å². The second kappa shape index (κ2) is 5.34. The predicted molar refractivity (Wildman–Crippen MR) is 76.5 cm³/mol. The Kier molecular flexibility index (Phi) is 3.82. The van der Waals surface area contributed by atoms with Gasteiger partial charge in [-0.25, -0.2) is 0 Å². The molecule has 0 aliphatic rings. The fourth-order valence-corrected chi connectivity index (χ4v) is 2.24. The van der Waals surface area contributed by atoms with E-state index in [9.17, 15) is 0 Å². The highest BCUT2D eigenvalue weighted by Gasteiger charge is 2.08. The number of halogens is 1. The number of para-hydroxylation sites is 1. The molecule has 0 bridgehead atoms. The van der Waals surface area contributed by atoms with Gasteiger partial charge in [-0.05, 0) is 35.9 Å². The van der Waals surface area contributed by atoms with Gasteiger partial charge in [-0.1, -0.05) is 34.1 Å². The number of nitrogens with zero attached hydrogens (tertiary/aromatic N) is 1. The van der Waals surface area contributed by atoms with Gasteiger partial charge in [-0.3, -0.25) is 0 Å². The van der Waals surface area contributed by atoms with Crippen molar-refractivity contribution in [3.63, 3.8) is 0 Å². The number of benzene rings is 2. The highest BCUT2D eigenvalue weighted by atomic mass is 79.9. The molecule has 0 heterocycles. The summed E-state index contributed by atoms with van der Waals surface area (Å²) in [4.78, 5) is 2.15. The zero-order chi connectivity index (χ0) is 12.3. The Morgan fingerprint density at radius 3 is 2.47 bits per heavy atom. The zero-order valence-electron chi connectivity index (χ0n) is 9.73. The Morgan fingerprint density at radius 2 is 1.82 bits per heavy atom. The Hall–Kier alpha value is -1.32. The van der Waals surface area contributed by atoms with Gasteiger partial charge < -0.3 is 10.6 Å². The molecule has 0 radical (unpaired) electrons. The van der Waals surface area contributed by atoms with Crippen LogP contribution in [-0.2, 0) is 6.54 Å². The standard InChI is InChI=1S/C14H15BrN2/c1-17(13-5-3-2-4-6-13)14-8-7-12(15)9-11(14)10-16/h2-9H,10,16H2,1H3. The van der Waals surface area contributed by atoms with E-state index in [-0.39, 0.29) is 0 Å². The fourth-order valence-electron chi connectivity index (χ4n) is 1.84. The van der Waals surface area contributed by atoms with Crippen molar-refractivity contribution in [2.24, 2.45) is 5.73 Å². The second-order valence-electron chi connectivity index (χ2n) is 3.87. The lowest BCUT2D eigenvalue weighted by molar-refractivity contribution is 1.04. The third-order valence-corrected chi connectivity index (χ3v) is 3.26. The maximum Gasteiger partial charge on any atom is 0.0454 e. The zero-order valence-corrected chi connectivity index (χ0v) is 11.3. The first kappa shape index (κ1) is 12.1. The Morgan fingerprint density at radius 1 is 1.12 bits per heavy atom. The minimum Gasteiger partial charge on any atom is -0.344 e. The maximum absolute atomic E-state index is 5.79. The van der Waals surface area contributed by atoms with E-state index in [0.29, 0.717) is 6.54 Å². The monoisotopic (exact) mass is 290 g/mol. The first-order valence-electron chi connectivity index (χ1n) is 5.49. The normalized spacial score (nSPS) is 10.3. The molecule has 3 heteroatoms. The van der Waals surface area contributed by atoms with Crippen molar-refractivity contribution in [3.05, 3.63) is 58.6 Å².